The molecule has 2 aromatic rings. The minimum Gasteiger partial charge on any atom is -0.497 e. The molecule has 128 valence electrons. The lowest BCUT2D eigenvalue weighted by Crippen LogP contribution is -2.41. The minimum atomic E-state index is -3.71. The number of methoxy groups -OCH3 is 1. The second-order valence-electron chi connectivity index (χ2n) is 5.88. The van der Waals surface area contributed by atoms with Crippen LogP contribution in [0.1, 0.15) is 30.0 Å². The summed E-state index contributed by atoms with van der Waals surface area (Å²) in [5, 5.41) is 0. The van der Waals surface area contributed by atoms with Crippen LogP contribution < -0.4 is 9.46 Å². The number of benzene rings is 2. The molecular formula is C18H21NO4S. The van der Waals surface area contributed by atoms with Crippen molar-refractivity contribution in [3.05, 3.63) is 65.7 Å². The number of hydrogen-bond acceptors (Lipinski definition) is 4. The van der Waals surface area contributed by atoms with Gasteiger partial charge >= 0.3 is 10.3 Å². The Morgan fingerprint density at radius 1 is 1.12 bits per heavy atom. The zero-order chi connectivity index (χ0) is 17.0. The maximum atomic E-state index is 12.0. The van der Waals surface area contributed by atoms with Crippen molar-refractivity contribution < 1.29 is 17.3 Å². The third-order valence-corrected chi connectivity index (χ3v) is 5.26. The average Bonchev–Trinajstić information content (AvgIpc) is 2.60. The van der Waals surface area contributed by atoms with Gasteiger partial charge < -0.3 is 4.74 Å². The van der Waals surface area contributed by atoms with Gasteiger partial charge in [0.2, 0.25) is 0 Å². The maximum Gasteiger partial charge on any atom is 0.336 e. The standard InChI is InChI=1S/C18H21NO4S/c1-22-16-10-7-14(8-11-16)9-12-17-13-18(19-24(20,21)23-17)15-5-3-2-4-6-15/h2-8,10-11,17-19H,9,12-13H2,1H3. The van der Waals surface area contributed by atoms with Crippen LogP contribution in [0.3, 0.4) is 0 Å². The Hall–Kier alpha value is -1.89. The molecule has 6 heteroatoms. The second kappa shape index (κ2) is 7.34. The second-order valence-corrected chi connectivity index (χ2v) is 7.21. The van der Waals surface area contributed by atoms with Crippen LogP contribution >= 0.6 is 0 Å². The van der Waals surface area contributed by atoms with Crippen molar-refractivity contribution >= 4 is 10.3 Å². The fourth-order valence-corrected chi connectivity index (χ4v) is 4.08. The predicted octanol–water partition coefficient (Wildman–Crippen LogP) is 2.99. The van der Waals surface area contributed by atoms with E-state index in [2.05, 4.69) is 4.72 Å². The normalized spacial score (nSPS) is 22.9. The van der Waals surface area contributed by atoms with Crippen LogP contribution in [0, 0.1) is 0 Å². The topological polar surface area (TPSA) is 64.6 Å². The van der Waals surface area contributed by atoms with Crippen LogP contribution in [-0.2, 0) is 20.9 Å². The van der Waals surface area contributed by atoms with E-state index in [1.54, 1.807) is 7.11 Å². The quantitative estimate of drug-likeness (QED) is 0.903. The maximum absolute atomic E-state index is 12.0. The van der Waals surface area contributed by atoms with Gasteiger partial charge in [0.25, 0.3) is 0 Å². The van der Waals surface area contributed by atoms with Crippen molar-refractivity contribution in [3.8, 4) is 5.75 Å². The molecule has 2 aromatic carbocycles. The molecule has 0 aliphatic carbocycles. The Morgan fingerprint density at radius 3 is 2.50 bits per heavy atom. The third-order valence-electron chi connectivity index (χ3n) is 4.16. The summed E-state index contributed by atoms with van der Waals surface area (Å²) in [4.78, 5) is 0. The van der Waals surface area contributed by atoms with Crippen LogP contribution in [0.2, 0.25) is 0 Å². The number of nitrogens with one attached hydrogen (secondary N) is 1. The van der Waals surface area contributed by atoms with Crippen molar-refractivity contribution in [2.45, 2.75) is 31.4 Å². The average molecular weight is 347 g/mol. The molecule has 2 atom stereocenters. The van der Waals surface area contributed by atoms with Crippen LogP contribution in [0.4, 0.5) is 0 Å². The van der Waals surface area contributed by atoms with Gasteiger partial charge in [-0.1, -0.05) is 42.5 Å². The lowest BCUT2D eigenvalue weighted by molar-refractivity contribution is 0.149. The van der Waals surface area contributed by atoms with Crippen LogP contribution in [0.25, 0.3) is 0 Å². The van der Waals surface area contributed by atoms with E-state index >= 15 is 0 Å². The zero-order valence-electron chi connectivity index (χ0n) is 13.5. The van der Waals surface area contributed by atoms with Crippen molar-refractivity contribution in [2.24, 2.45) is 0 Å². The van der Waals surface area contributed by atoms with E-state index in [1.807, 2.05) is 54.6 Å². The Labute approximate surface area is 142 Å². The van der Waals surface area contributed by atoms with E-state index in [0.717, 1.165) is 23.3 Å². The molecule has 0 bridgehead atoms. The summed E-state index contributed by atoms with van der Waals surface area (Å²) in [6.45, 7) is 0. The molecule has 1 saturated heterocycles. The molecule has 0 amide bonds. The van der Waals surface area contributed by atoms with Crippen molar-refractivity contribution in [3.63, 3.8) is 0 Å². The molecule has 1 aliphatic heterocycles. The summed E-state index contributed by atoms with van der Waals surface area (Å²) in [5.74, 6) is 0.809. The summed E-state index contributed by atoms with van der Waals surface area (Å²) in [6, 6.07) is 17.1. The minimum absolute atomic E-state index is 0.245. The lowest BCUT2D eigenvalue weighted by atomic mass is 9.97. The largest absolute Gasteiger partial charge is 0.497 e. The van der Waals surface area contributed by atoms with Gasteiger partial charge in [0.1, 0.15) is 5.75 Å². The van der Waals surface area contributed by atoms with Crippen LogP contribution in [-0.4, -0.2) is 21.6 Å². The summed E-state index contributed by atoms with van der Waals surface area (Å²) in [5.41, 5.74) is 2.09. The van der Waals surface area contributed by atoms with E-state index in [9.17, 15) is 8.42 Å². The van der Waals surface area contributed by atoms with Gasteiger partial charge in [-0.15, -0.1) is 0 Å². The Morgan fingerprint density at radius 2 is 1.83 bits per heavy atom. The lowest BCUT2D eigenvalue weighted by Gasteiger charge is -2.30. The zero-order valence-corrected chi connectivity index (χ0v) is 14.3. The summed E-state index contributed by atoms with van der Waals surface area (Å²) < 4.78 is 36.9. The van der Waals surface area contributed by atoms with Gasteiger partial charge in [0, 0.05) is 0 Å². The van der Waals surface area contributed by atoms with Crippen molar-refractivity contribution in [1.82, 2.24) is 4.72 Å². The molecule has 3 rings (SSSR count). The first-order valence-electron chi connectivity index (χ1n) is 7.94. The van der Waals surface area contributed by atoms with E-state index in [1.165, 1.54) is 0 Å². The molecule has 5 nitrogen and oxygen atoms in total. The van der Waals surface area contributed by atoms with Gasteiger partial charge in [-0.3, -0.25) is 4.18 Å². The first-order valence-corrected chi connectivity index (χ1v) is 9.35. The summed E-state index contributed by atoms with van der Waals surface area (Å²) >= 11 is 0. The first-order chi connectivity index (χ1) is 11.6. The Kier molecular flexibility index (Phi) is 5.18. The van der Waals surface area contributed by atoms with Crippen LogP contribution in [0.5, 0.6) is 5.75 Å². The highest BCUT2D eigenvalue weighted by atomic mass is 32.2. The molecule has 0 saturated carbocycles. The van der Waals surface area contributed by atoms with Gasteiger partial charge in [0.15, 0.2) is 0 Å². The molecule has 2 unspecified atom stereocenters. The molecule has 0 aromatic heterocycles. The monoisotopic (exact) mass is 347 g/mol. The predicted molar refractivity (Wildman–Crippen MR) is 92.0 cm³/mol. The van der Waals surface area contributed by atoms with Gasteiger partial charge in [-0.2, -0.15) is 13.1 Å². The fraction of sp³-hybridized carbons (Fsp3) is 0.333. The molecule has 24 heavy (non-hydrogen) atoms. The number of ether oxygens (including phenoxy) is 1. The van der Waals surface area contributed by atoms with Gasteiger partial charge in [0.05, 0.1) is 19.3 Å². The Balaban J connectivity index is 1.66. The van der Waals surface area contributed by atoms with E-state index in [4.69, 9.17) is 8.92 Å². The SMILES string of the molecule is COc1ccc(CCC2CC(c3ccccc3)NS(=O)(=O)O2)cc1. The fourth-order valence-electron chi connectivity index (χ4n) is 2.91. The number of rotatable bonds is 5. The smallest absolute Gasteiger partial charge is 0.336 e. The molecule has 1 N–H and O–H groups in total. The van der Waals surface area contributed by atoms with Crippen LogP contribution in [0.15, 0.2) is 54.6 Å². The van der Waals surface area contributed by atoms with E-state index < -0.39 is 10.3 Å². The summed E-state index contributed by atoms with van der Waals surface area (Å²) in [6.07, 6.45) is 1.70. The third kappa shape index (κ3) is 4.35. The Bertz CT molecular complexity index is 759. The molecule has 0 radical (unpaired) electrons. The first kappa shape index (κ1) is 17.0. The summed E-state index contributed by atoms with van der Waals surface area (Å²) in [7, 11) is -2.08. The van der Waals surface area contributed by atoms with Crippen molar-refractivity contribution in [2.75, 3.05) is 7.11 Å². The molecule has 0 spiro atoms. The van der Waals surface area contributed by atoms with Crippen molar-refractivity contribution in [1.29, 1.82) is 0 Å². The highest BCUT2D eigenvalue weighted by Crippen LogP contribution is 2.28. The number of hydrogen-bond donors (Lipinski definition) is 1. The number of aryl methyl sites for hydroxylation is 1. The van der Waals surface area contributed by atoms with E-state index in [0.29, 0.717) is 12.8 Å². The molecule has 1 fully saturated rings. The van der Waals surface area contributed by atoms with Gasteiger partial charge in [-0.05, 0) is 42.5 Å². The van der Waals surface area contributed by atoms with E-state index in [-0.39, 0.29) is 12.1 Å². The molecule has 1 aliphatic rings. The highest BCUT2D eigenvalue weighted by molar-refractivity contribution is 7.84. The van der Waals surface area contributed by atoms with Gasteiger partial charge in [-0.25, -0.2) is 0 Å². The highest BCUT2D eigenvalue weighted by Gasteiger charge is 2.32. The molecular weight excluding hydrogens is 326 g/mol. The molecule has 1 heterocycles.